The lowest BCUT2D eigenvalue weighted by atomic mass is 10.2. The summed E-state index contributed by atoms with van der Waals surface area (Å²) in [4.78, 5) is 44.0. The second-order valence-electron chi connectivity index (χ2n) is 6.38. The minimum atomic E-state index is -0.632. The normalized spacial score (nSPS) is 11.0. The number of nitro benzene ring substituents is 2. The van der Waals surface area contributed by atoms with Crippen LogP contribution < -0.4 is 10.9 Å². The first-order valence-corrected chi connectivity index (χ1v) is 9.94. The van der Waals surface area contributed by atoms with Crippen molar-refractivity contribution in [2.45, 2.75) is 19.3 Å². The molecule has 0 aliphatic rings. The van der Waals surface area contributed by atoms with E-state index in [-0.39, 0.29) is 40.7 Å². The summed E-state index contributed by atoms with van der Waals surface area (Å²) in [5.74, 6) is -0.918. The standard InChI is InChI=1S/C19H16Cl2N6O6/c20-14-6-4-12(8-16(14)26(30)31)10-22-24-18(28)2-1-3-19(29)25-23-11-13-5-7-15(21)17(9-13)27(32)33/h4-11H,1-3H2,(H,24,28)(H,25,29)/b22-10-,23-11+. The van der Waals surface area contributed by atoms with Crippen LogP contribution in [0.4, 0.5) is 11.4 Å². The van der Waals surface area contributed by atoms with Crippen molar-refractivity contribution >= 4 is 58.8 Å². The van der Waals surface area contributed by atoms with Crippen molar-refractivity contribution in [3.05, 3.63) is 77.8 Å². The van der Waals surface area contributed by atoms with Gasteiger partial charge in [0, 0.05) is 36.1 Å². The molecule has 0 radical (unpaired) electrons. The lowest BCUT2D eigenvalue weighted by molar-refractivity contribution is -0.384. The minimum absolute atomic E-state index is 0.00137. The van der Waals surface area contributed by atoms with Gasteiger partial charge in [-0.05, 0) is 18.6 Å². The SMILES string of the molecule is O=C(CCCC(=O)N/N=C/c1ccc(Cl)c([N+](=O)[O-])c1)N/N=C\c1ccc(Cl)c([N+](=O)[O-])c1. The van der Waals surface area contributed by atoms with Crippen molar-refractivity contribution < 1.29 is 19.4 Å². The van der Waals surface area contributed by atoms with Crippen LogP contribution in [0.15, 0.2) is 46.6 Å². The summed E-state index contributed by atoms with van der Waals surface area (Å²) in [6, 6.07) is 8.11. The highest BCUT2D eigenvalue weighted by molar-refractivity contribution is 6.33. The number of amides is 2. The van der Waals surface area contributed by atoms with Crippen LogP contribution >= 0.6 is 23.2 Å². The predicted octanol–water partition coefficient (Wildman–Crippen LogP) is 3.58. The fraction of sp³-hybridized carbons (Fsp3) is 0.158. The monoisotopic (exact) mass is 494 g/mol. The molecule has 0 unspecified atom stereocenters. The highest BCUT2D eigenvalue weighted by Crippen LogP contribution is 2.25. The van der Waals surface area contributed by atoms with Crippen LogP contribution in [0.1, 0.15) is 30.4 Å². The Hall–Kier alpha value is -3.90. The zero-order valence-corrected chi connectivity index (χ0v) is 18.2. The number of benzene rings is 2. The lowest BCUT2D eigenvalue weighted by Crippen LogP contribution is -2.20. The molecule has 0 bridgehead atoms. The maximum Gasteiger partial charge on any atom is 0.288 e. The number of rotatable bonds is 10. The maximum atomic E-state index is 11.8. The average Bonchev–Trinajstić information content (AvgIpc) is 2.75. The molecule has 0 atom stereocenters. The third-order valence-electron chi connectivity index (χ3n) is 3.95. The highest BCUT2D eigenvalue weighted by atomic mass is 35.5. The number of hydrazone groups is 2. The van der Waals surface area contributed by atoms with Gasteiger partial charge in [-0.1, -0.05) is 35.3 Å². The highest BCUT2D eigenvalue weighted by Gasteiger charge is 2.13. The molecule has 2 rings (SSSR count). The summed E-state index contributed by atoms with van der Waals surface area (Å²) in [6.45, 7) is 0. The molecule has 0 heterocycles. The van der Waals surface area contributed by atoms with Gasteiger partial charge in [0.2, 0.25) is 11.8 Å². The third-order valence-corrected chi connectivity index (χ3v) is 4.59. The zero-order chi connectivity index (χ0) is 24.4. The third kappa shape index (κ3) is 8.27. The molecule has 0 saturated heterocycles. The van der Waals surface area contributed by atoms with Crippen molar-refractivity contribution in [3.63, 3.8) is 0 Å². The molecule has 2 aromatic rings. The van der Waals surface area contributed by atoms with E-state index in [0.29, 0.717) is 11.1 Å². The Bertz CT molecular complexity index is 1050. The molecule has 2 amide bonds. The van der Waals surface area contributed by atoms with Crippen molar-refractivity contribution in [1.82, 2.24) is 10.9 Å². The van der Waals surface area contributed by atoms with Crippen LogP contribution in [0.2, 0.25) is 10.0 Å². The number of hydrogen-bond donors (Lipinski definition) is 2. The molecule has 0 aliphatic carbocycles. The van der Waals surface area contributed by atoms with E-state index in [2.05, 4.69) is 21.1 Å². The first kappa shape index (κ1) is 25.4. The van der Waals surface area contributed by atoms with E-state index >= 15 is 0 Å². The van der Waals surface area contributed by atoms with Gasteiger partial charge in [-0.2, -0.15) is 10.2 Å². The van der Waals surface area contributed by atoms with Crippen molar-refractivity contribution in [1.29, 1.82) is 0 Å². The molecule has 0 aromatic heterocycles. The summed E-state index contributed by atoms with van der Waals surface area (Å²) in [6.07, 6.45) is 2.66. The molecule has 2 aromatic carbocycles. The summed E-state index contributed by atoms with van der Waals surface area (Å²) < 4.78 is 0. The van der Waals surface area contributed by atoms with E-state index in [1.54, 1.807) is 0 Å². The van der Waals surface area contributed by atoms with Crippen LogP contribution in [0.5, 0.6) is 0 Å². The van der Waals surface area contributed by atoms with Crippen molar-refractivity contribution in [2.75, 3.05) is 0 Å². The number of carbonyl (C=O) groups excluding carboxylic acids is 2. The molecular formula is C19H16Cl2N6O6. The van der Waals surface area contributed by atoms with Crippen LogP contribution in [0, 0.1) is 20.2 Å². The first-order chi connectivity index (χ1) is 15.7. The Morgan fingerprint density at radius 2 is 1.21 bits per heavy atom. The number of nitrogens with one attached hydrogen (secondary N) is 2. The topological polar surface area (TPSA) is 169 Å². The molecule has 12 nitrogen and oxygen atoms in total. The fourth-order valence-electron chi connectivity index (χ4n) is 2.38. The van der Waals surface area contributed by atoms with E-state index in [1.165, 1.54) is 48.8 Å². The van der Waals surface area contributed by atoms with Crippen molar-refractivity contribution in [3.8, 4) is 0 Å². The summed E-state index contributed by atoms with van der Waals surface area (Å²) in [7, 11) is 0. The predicted molar refractivity (Wildman–Crippen MR) is 122 cm³/mol. The average molecular weight is 495 g/mol. The first-order valence-electron chi connectivity index (χ1n) is 9.19. The molecule has 14 heteroatoms. The zero-order valence-electron chi connectivity index (χ0n) is 16.7. The molecule has 2 N–H and O–H groups in total. The van der Waals surface area contributed by atoms with Gasteiger partial charge in [0.1, 0.15) is 10.0 Å². The molecule has 0 aliphatic heterocycles. The van der Waals surface area contributed by atoms with Gasteiger partial charge in [0.15, 0.2) is 0 Å². The van der Waals surface area contributed by atoms with E-state index < -0.39 is 21.7 Å². The van der Waals surface area contributed by atoms with E-state index in [9.17, 15) is 29.8 Å². The molecule has 0 saturated carbocycles. The molecule has 0 fully saturated rings. The largest absolute Gasteiger partial charge is 0.288 e. The number of nitrogens with zero attached hydrogens (tertiary/aromatic N) is 4. The Morgan fingerprint density at radius 1 is 0.818 bits per heavy atom. The maximum absolute atomic E-state index is 11.8. The van der Waals surface area contributed by atoms with Gasteiger partial charge >= 0.3 is 0 Å². The van der Waals surface area contributed by atoms with E-state index in [1.807, 2.05) is 0 Å². The quantitative estimate of drug-likeness (QED) is 0.290. The van der Waals surface area contributed by atoms with Gasteiger partial charge in [-0.15, -0.1) is 0 Å². The van der Waals surface area contributed by atoms with Gasteiger partial charge in [0.05, 0.1) is 22.3 Å². The summed E-state index contributed by atoms with van der Waals surface area (Å²) in [5, 5.41) is 29.1. The van der Waals surface area contributed by atoms with E-state index in [0.717, 1.165) is 0 Å². The number of carbonyl (C=O) groups is 2. The lowest BCUT2D eigenvalue weighted by Gasteiger charge is -2.01. The van der Waals surface area contributed by atoms with Crippen LogP contribution in [0.3, 0.4) is 0 Å². The Kier molecular flexibility index (Phi) is 9.39. The Morgan fingerprint density at radius 3 is 1.58 bits per heavy atom. The molecule has 0 spiro atoms. The van der Waals surface area contributed by atoms with Gasteiger partial charge in [-0.25, -0.2) is 10.9 Å². The van der Waals surface area contributed by atoms with E-state index in [4.69, 9.17) is 23.2 Å². The van der Waals surface area contributed by atoms with Crippen LogP contribution in [0.25, 0.3) is 0 Å². The summed E-state index contributed by atoms with van der Waals surface area (Å²) >= 11 is 11.4. The molecule has 33 heavy (non-hydrogen) atoms. The smallest absolute Gasteiger partial charge is 0.273 e. The molecule has 172 valence electrons. The second-order valence-corrected chi connectivity index (χ2v) is 7.19. The van der Waals surface area contributed by atoms with Gasteiger partial charge < -0.3 is 0 Å². The number of halogens is 2. The Labute approximate surface area is 196 Å². The van der Waals surface area contributed by atoms with Crippen molar-refractivity contribution in [2.24, 2.45) is 10.2 Å². The van der Waals surface area contributed by atoms with Crippen LogP contribution in [-0.4, -0.2) is 34.1 Å². The summed E-state index contributed by atoms with van der Waals surface area (Å²) in [5.41, 5.74) is 4.68. The minimum Gasteiger partial charge on any atom is -0.273 e. The molecular weight excluding hydrogens is 479 g/mol. The van der Waals surface area contributed by atoms with Crippen LogP contribution in [-0.2, 0) is 9.59 Å². The number of hydrogen-bond acceptors (Lipinski definition) is 8. The number of nitro groups is 2. The fourth-order valence-corrected chi connectivity index (χ4v) is 2.75. The Balaban J connectivity index is 1.73. The van der Waals surface area contributed by atoms with Gasteiger partial charge in [-0.3, -0.25) is 29.8 Å². The van der Waals surface area contributed by atoms with Gasteiger partial charge in [0.25, 0.3) is 11.4 Å². The second kappa shape index (κ2) is 12.2.